The third-order valence-electron chi connectivity index (χ3n) is 4.30. The van der Waals surface area contributed by atoms with Crippen molar-refractivity contribution in [2.75, 3.05) is 18.1 Å². The van der Waals surface area contributed by atoms with Gasteiger partial charge in [0.1, 0.15) is 5.69 Å². The summed E-state index contributed by atoms with van der Waals surface area (Å²) in [4.78, 5) is 25.1. The SMILES string of the molecule is CCCCOC(=O)c1cc(Cl)c(N2CCCC[C@@H]2C)c([N+](=O)[O-])c1. The maximum atomic E-state index is 12.1. The summed E-state index contributed by atoms with van der Waals surface area (Å²) in [6, 6.07) is 2.92. The normalized spacial score (nSPS) is 17.6. The van der Waals surface area contributed by atoms with E-state index in [-0.39, 0.29) is 22.3 Å². The Hall–Kier alpha value is -1.82. The number of nitro groups is 1. The van der Waals surface area contributed by atoms with Gasteiger partial charge in [-0.15, -0.1) is 0 Å². The smallest absolute Gasteiger partial charge is 0.338 e. The zero-order valence-electron chi connectivity index (χ0n) is 14.1. The van der Waals surface area contributed by atoms with Crippen LogP contribution in [0.25, 0.3) is 0 Å². The zero-order valence-corrected chi connectivity index (χ0v) is 14.8. The van der Waals surface area contributed by atoms with E-state index >= 15 is 0 Å². The summed E-state index contributed by atoms with van der Waals surface area (Å²) < 4.78 is 5.13. The van der Waals surface area contributed by atoms with Gasteiger partial charge in [-0.1, -0.05) is 24.9 Å². The fourth-order valence-electron chi connectivity index (χ4n) is 2.95. The third-order valence-corrected chi connectivity index (χ3v) is 4.59. The van der Waals surface area contributed by atoms with Crippen molar-refractivity contribution in [2.24, 2.45) is 0 Å². The number of carbonyl (C=O) groups is 1. The van der Waals surface area contributed by atoms with Crippen LogP contribution in [0.5, 0.6) is 0 Å². The van der Waals surface area contributed by atoms with Crippen LogP contribution < -0.4 is 4.90 Å². The van der Waals surface area contributed by atoms with Gasteiger partial charge in [0.2, 0.25) is 0 Å². The Bertz CT molecular complexity index is 621. The molecular weight excluding hydrogens is 332 g/mol. The number of hydrogen-bond acceptors (Lipinski definition) is 5. The molecule has 0 aromatic heterocycles. The molecule has 1 atom stereocenters. The minimum Gasteiger partial charge on any atom is -0.462 e. The summed E-state index contributed by atoms with van der Waals surface area (Å²) in [5.41, 5.74) is 0.383. The molecular formula is C17H23ClN2O4. The van der Waals surface area contributed by atoms with Crippen molar-refractivity contribution in [3.05, 3.63) is 32.8 Å². The molecule has 1 aromatic carbocycles. The number of hydrogen-bond donors (Lipinski definition) is 0. The number of rotatable bonds is 6. The Balaban J connectivity index is 2.35. The van der Waals surface area contributed by atoms with Crippen LogP contribution in [0.1, 0.15) is 56.3 Å². The largest absolute Gasteiger partial charge is 0.462 e. The molecule has 2 rings (SSSR count). The molecule has 132 valence electrons. The first kappa shape index (κ1) is 18.5. The topological polar surface area (TPSA) is 72.7 Å². The summed E-state index contributed by atoms with van der Waals surface area (Å²) in [5.74, 6) is -0.577. The fourth-order valence-corrected chi connectivity index (χ4v) is 3.27. The van der Waals surface area contributed by atoms with E-state index in [1.165, 1.54) is 12.1 Å². The molecule has 0 amide bonds. The Labute approximate surface area is 146 Å². The number of nitrogens with zero attached hydrogens (tertiary/aromatic N) is 2. The van der Waals surface area contributed by atoms with E-state index in [1.807, 2.05) is 18.7 Å². The minimum atomic E-state index is -0.577. The highest BCUT2D eigenvalue weighted by Crippen LogP contribution is 2.40. The second-order valence-corrected chi connectivity index (χ2v) is 6.52. The van der Waals surface area contributed by atoms with Gasteiger partial charge in [-0.3, -0.25) is 10.1 Å². The van der Waals surface area contributed by atoms with Crippen molar-refractivity contribution in [3.63, 3.8) is 0 Å². The average Bonchev–Trinajstić information content (AvgIpc) is 2.55. The first-order valence-electron chi connectivity index (χ1n) is 8.37. The van der Waals surface area contributed by atoms with Crippen molar-refractivity contribution >= 4 is 28.9 Å². The standard InChI is InChI=1S/C17H23ClN2O4/c1-3-4-9-24-17(21)13-10-14(18)16(15(11-13)20(22)23)19-8-6-5-7-12(19)2/h10-12H,3-9H2,1-2H3/t12-/m0/s1. The first-order chi connectivity index (χ1) is 11.5. The maximum Gasteiger partial charge on any atom is 0.338 e. The minimum absolute atomic E-state index is 0.121. The van der Waals surface area contributed by atoms with Crippen LogP contribution >= 0.6 is 11.6 Å². The highest BCUT2D eigenvalue weighted by molar-refractivity contribution is 6.34. The zero-order chi connectivity index (χ0) is 17.7. The van der Waals surface area contributed by atoms with E-state index in [4.69, 9.17) is 16.3 Å². The number of unbranched alkanes of at least 4 members (excludes halogenated alkanes) is 1. The van der Waals surface area contributed by atoms with Gasteiger partial charge in [-0.2, -0.15) is 0 Å². The molecule has 1 heterocycles. The van der Waals surface area contributed by atoms with Gasteiger partial charge in [0.05, 0.1) is 22.1 Å². The molecule has 0 N–H and O–H groups in total. The Kier molecular flexibility index (Phi) is 6.43. The number of anilines is 1. The lowest BCUT2D eigenvalue weighted by molar-refractivity contribution is -0.384. The van der Waals surface area contributed by atoms with Gasteiger partial charge >= 0.3 is 5.97 Å². The van der Waals surface area contributed by atoms with E-state index in [9.17, 15) is 14.9 Å². The molecule has 1 aliphatic heterocycles. The second kappa shape index (κ2) is 8.33. The Morgan fingerprint density at radius 1 is 1.46 bits per heavy atom. The van der Waals surface area contributed by atoms with E-state index in [2.05, 4.69) is 0 Å². The van der Waals surface area contributed by atoms with Crippen LogP contribution in [-0.2, 0) is 4.74 Å². The van der Waals surface area contributed by atoms with Crippen LogP contribution in [0.15, 0.2) is 12.1 Å². The molecule has 0 aliphatic carbocycles. The number of piperidine rings is 1. The lowest BCUT2D eigenvalue weighted by atomic mass is 10.0. The number of carbonyl (C=O) groups excluding carboxylic acids is 1. The van der Waals surface area contributed by atoms with E-state index in [1.54, 1.807) is 0 Å². The van der Waals surface area contributed by atoms with Crippen molar-refractivity contribution in [1.29, 1.82) is 0 Å². The molecule has 1 aliphatic rings. The number of esters is 1. The van der Waals surface area contributed by atoms with Gasteiger partial charge in [0.15, 0.2) is 0 Å². The molecule has 7 heteroatoms. The van der Waals surface area contributed by atoms with Crippen LogP contribution in [0, 0.1) is 10.1 Å². The number of ether oxygens (including phenoxy) is 1. The predicted octanol–water partition coefficient (Wildman–Crippen LogP) is 4.58. The highest BCUT2D eigenvalue weighted by Gasteiger charge is 2.30. The van der Waals surface area contributed by atoms with Crippen molar-refractivity contribution in [3.8, 4) is 0 Å². The van der Waals surface area contributed by atoms with E-state index in [0.717, 1.165) is 38.6 Å². The third kappa shape index (κ3) is 4.17. The number of halogens is 1. The molecule has 0 saturated carbocycles. The molecule has 1 saturated heterocycles. The van der Waals surface area contributed by atoms with Gasteiger partial charge in [0.25, 0.3) is 5.69 Å². The number of nitro benzene ring substituents is 1. The molecule has 0 bridgehead atoms. The van der Waals surface area contributed by atoms with Crippen molar-refractivity contribution in [1.82, 2.24) is 0 Å². The quantitative estimate of drug-likeness (QED) is 0.323. The molecule has 0 spiro atoms. The predicted molar refractivity (Wildman–Crippen MR) is 94.0 cm³/mol. The van der Waals surface area contributed by atoms with Crippen LogP contribution in [-0.4, -0.2) is 30.1 Å². The van der Waals surface area contributed by atoms with Gasteiger partial charge < -0.3 is 9.64 Å². The Morgan fingerprint density at radius 2 is 2.21 bits per heavy atom. The molecule has 0 unspecified atom stereocenters. The van der Waals surface area contributed by atoms with Gasteiger partial charge in [-0.25, -0.2) is 4.79 Å². The average molecular weight is 355 g/mol. The lowest BCUT2D eigenvalue weighted by Gasteiger charge is -2.35. The second-order valence-electron chi connectivity index (χ2n) is 6.11. The van der Waals surface area contributed by atoms with E-state index in [0.29, 0.717) is 12.3 Å². The van der Waals surface area contributed by atoms with Crippen molar-refractivity contribution in [2.45, 2.75) is 52.0 Å². The summed E-state index contributed by atoms with van der Waals surface area (Å²) in [5, 5.41) is 11.7. The van der Waals surface area contributed by atoms with Crippen molar-refractivity contribution < 1.29 is 14.5 Å². The molecule has 0 radical (unpaired) electrons. The van der Waals surface area contributed by atoms with Gasteiger partial charge in [-0.05, 0) is 38.7 Å². The summed E-state index contributed by atoms with van der Waals surface area (Å²) in [7, 11) is 0. The van der Waals surface area contributed by atoms with Crippen LogP contribution in [0.3, 0.4) is 0 Å². The first-order valence-corrected chi connectivity index (χ1v) is 8.75. The summed E-state index contributed by atoms with van der Waals surface area (Å²) in [6.45, 7) is 5.05. The molecule has 6 nitrogen and oxygen atoms in total. The van der Waals surface area contributed by atoms with Crippen LogP contribution in [0.4, 0.5) is 11.4 Å². The molecule has 1 fully saturated rings. The van der Waals surface area contributed by atoms with Gasteiger partial charge in [0, 0.05) is 18.7 Å². The van der Waals surface area contributed by atoms with Crippen LogP contribution in [0.2, 0.25) is 5.02 Å². The fraction of sp³-hybridized carbons (Fsp3) is 0.588. The summed E-state index contributed by atoms with van der Waals surface area (Å²) in [6.07, 6.45) is 4.70. The highest BCUT2D eigenvalue weighted by atomic mass is 35.5. The Morgan fingerprint density at radius 3 is 2.83 bits per heavy atom. The molecule has 24 heavy (non-hydrogen) atoms. The van der Waals surface area contributed by atoms with E-state index < -0.39 is 10.9 Å². The molecule has 1 aromatic rings. The number of benzene rings is 1. The monoisotopic (exact) mass is 354 g/mol. The lowest BCUT2D eigenvalue weighted by Crippen LogP contribution is -2.38. The maximum absolute atomic E-state index is 12.1. The summed E-state index contributed by atoms with van der Waals surface area (Å²) >= 11 is 6.33.